The van der Waals surface area contributed by atoms with Gasteiger partial charge in [-0.25, -0.2) is 4.98 Å². The average molecular weight is 382 g/mol. The highest BCUT2D eigenvalue weighted by Gasteiger charge is 2.18. The number of aromatic nitrogens is 2. The first kappa shape index (κ1) is 18.0. The summed E-state index contributed by atoms with van der Waals surface area (Å²) in [4.78, 5) is 7.06. The van der Waals surface area contributed by atoms with Crippen molar-refractivity contribution in [2.75, 3.05) is 18.0 Å². The molecule has 0 radical (unpaired) electrons. The minimum atomic E-state index is 0.840. The van der Waals surface area contributed by atoms with Crippen molar-refractivity contribution in [3.63, 3.8) is 0 Å². The minimum Gasteiger partial charge on any atom is -0.371 e. The van der Waals surface area contributed by atoms with E-state index in [2.05, 4.69) is 88.1 Å². The molecule has 0 spiro atoms. The van der Waals surface area contributed by atoms with Gasteiger partial charge in [0.2, 0.25) is 0 Å². The van der Waals surface area contributed by atoms with Gasteiger partial charge in [-0.15, -0.1) is 0 Å². The largest absolute Gasteiger partial charge is 0.371 e. The van der Waals surface area contributed by atoms with Crippen molar-refractivity contribution in [3.8, 4) is 11.1 Å². The molecule has 0 unspecified atom stereocenters. The van der Waals surface area contributed by atoms with E-state index in [-0.39, 0.29) is 0 Å². The van der Waals surface area contributed by atoms with Crippen molar-refractivity contribution in [1.82, 2.24) is 9.55 Å². The monoisotopic (exact) mass is 381 g/mol. The van der Waals surface area contributed by atoms with Crippen LogP contribution < -0.4 is 4.90 Å². The molecule has 3 heteroatoms. The third kappa shape index (κ3) is 3.65. The van der Waals surface area contributed by atoms with Crippen molar-refractivity contribution in [2.24, 2.45) is 5.92 Å². The summed E-state index contributed by atoms with van der Waals surface area (Å²) < 4.78 is 2.22. The summed E-state index contributed by atoms with van der Waals surface area (Å²) in [5.41, 5.74) is 7.52. The van der Waals surface area contributed by atoms with Gasteiger partial charge < -0.3 is 9.47 Å². The van der Waals surface area contributed by atoms with Crippen LogP contribution in [0.4, 0.5) is 5.69 Å². The van der Waals surface area contributed by atoms with Gasteiger partial charge in [0.1, 0.15) is 0 Å². The summed E-state index contributed by atoms with van der Waals surface area (Å²) in [5, 5.41) is 0. The van der Waals surface area contributed by atoms with Gasteiger partial charge in [-0.3, -0.25) is 0 Å². The number of imidazole rings is 1. The number of rotatable bonds is 4. The SMILES string of the molecule is CC1CCN(c2ccccc2-c2ccc(Cn3cnc4ccccc43)cc2)CC1. The van der Waals surface area contributed by atoms with Crippen molar-refractivity contribution in [1.29, 1.82) is 0 Å². The van der Waals surface area contributed by atoms with Crippen LogP contribution in [0.5, 0.6) is 0 Å². The fraction of sp³-hybridized carbons (Fsp3) is 0.269. The summed E-state index contributed by atoms with van der Waals surface area (Å²) in [7, 11) is 0. The molecule has 1 aliphatic heterocycles. The van der Waals surface area contributed by atoms with Gasteiger partial charge in [0, 0.05) is 30.9 Å². The molecule has 2 heterocycles. The molecule has 0 aliphatic carbocycles. The number of anilines is 1. The molecule has 4 aromatic rings. The molecule has 3 nitrogen and oxygen atoms in total. The maximum Gasteiger partial charge on any atom is 0.0961 e. The van der Waals surface area contributed by atoms with Crippen LogP contribution in [0.25, 0.3) is 22.2 Å². The lowest BCUT2D eigenvalue weighted by Crippen LogP contribution is -2.33. The zero-order valence-corrected chi connectivity index (χ0v) is 17.0. The van der Waals surface area contributed by atoms with Crippen molar-refractivity contribution in [2.45, 2.75) is 26.3 Å². The van der Waals surface area contributed by atoms with Crippen LogP contribution in [0.1, 0.15) is 25.3 Å². The zero-order chi connectivity index (χ0) is 19.6. The lowest BCUT2D eigenvalue weighted by Gasteiger charge is -2.33. The van der Waals surface area contributed by atoms with E-state index >= 15 is 0 Å². The van der Waals surface area contributed by atoms with Crippen LogP contribution in [0.2, 0.25) is 0 Å². The van der Waals surface area contributed by atoms with E-state index in [1.807, 2.05) is 12.4 Å². The van der Waals surface area contributed by atoms with Crippen LogP contribution in [0, 0.1) is 5.92 Å². The Bertz CT molecular complexity index is 1100. The molecule has 1 fully saturated rings. The van der Waals surface area contributed by atoms with E-state index in [0.717, 1.165) is 31.1 Å². The van der Waals surface area contributed by atoms with Crippen LogP contribution >= 0.6 is 0 Å². The van der Waals surface area contributed by atoms with Gasteiger partial charge in [0.15, 0.2) is 0 Å². The van der Waals surface area contributed by atoms with Crippen LogP contribution in [-0.4, -0.2) is 22.6 Å². The number of benzene rings is 3. The maximum atomic E-state index is 4.51. The van der Waals surface area contributed by atoms with Crippen molar-refractivity contribution in [3.05, 3.63) is 84.7 Å². The Morgan fingerprint density at radius 3 is 2.41 bits per heavy atom. The fourth-order valence-electron chi connectivity index (χ4n) is 4.37. The van der Waals surface area contributed by atoms with E-state index < -0.39 is 0 Å². The summed E-state index contributed by atoms with van der Waals surface area (Å²) in [5.74, 6) is 0.844. The predicted molar refractivity (Wildman–Crippen MR) is 121 cm³/mol. The van der Waals surface area contributed by atoms with Crippen LogP contribution in [0.15, 0.2) is 79.1 Å². The Morgan fingerprint density at radius 1 is 0.862 bits per heavy atom. The fourth-order valence-corrected chi connectivity index (χ4v) is 4.37. The zero-order valence-electron chi connectivity index (χ0n) is 17.0. The highest BCUT2D eigenvalue weighted by Crippen LogP contribution is 2.33. The average Bonchev–Trinajstić information content (AvgIpc) is 3.18. The first-order valence-electron chi connectivity index (χ1n) is 10.6. The Morgan fingerprint density at radius 2 is 1.59 bits per heavy atom. The number of nitrogens with zero attached hydrogens (tertiary/aromatic N) is 3. The second kappa shape index (κ2) is 7.75. The third-order valence-electron chi connectivity index (χ3n) is 6.17. The smallest absolute Gasteiger partial charge is 0.0961 e. The molecule has 1 aliphatic rings. The number of fused-ring (bicyclic) bond motifs is 1. The minimum absolute atomic E-state index is 0.840. The Kier molecular flexibility index (Phi) is 4.81. The highest BCUT2D eigenvalue weighted by molar-refractivity contribution is 5.79. The molecule has 0 atom stereocenters. The molecule has 146 valence electrons. The quantitative estimate of drug-likeness (QED) is 0.433. The molecule has 0 saturated carbocycles. The molecule has 5 rings (SSSR count). The lowest BCUT2D eigenvalue weighted by atomic mass is 9.96. The van der Waals surface area contributed by atoms with Gasteiger partial charge in [-0.2, -0.15) is 0 Å². The van der Waals surface area contributed by atoms with E-state index in [1.165, 1.54) is 40.7 Å². The molecule has 1 aromatic heterocycles. The third-order valence-corrected chi connectivity index (χ3v) is 6.17. The summed E-state index contributed by atoms with van der Waals surface area (Å²) in [6.07, 6.45) is 4.50. The molecule has 1 saturated heterocycles. The first-order valence-corrected chi connectivity index (χ1v) is 10.6. The molecular formula is C26H27N3. The number of para-hydroxylation sites is 3. The standard InChI is InChI=1S/C26H27N3/c1-20-14-16-28(17-15-20)25-8-4-2-6-23(25)22-12-10-21(11-13-22)18-29-19-27-24-7-3-5-9-26(24)29/h2-13,19-20H,14-18H2,1H3. The van der Waals surface area contributed by atoms with E-state index in [0.29, 0.717) is 0 Å². The molecule has 0 N–H and O–H groups in total. The number of hydrogen-bond acceptors (Lipinski definition) is 2. The van der Waals surface area contributed by atoms with Crippen LogP contribution in [0.3, 0.4) is 0 Å². The van der Waals surface area contributed by atoms with E-state index in [9.17, 15) is 0 Å². The predicted octanol–water partition coefficient (Wildman–Crippen LogP) is 5.99. The van der Waals surface area contributed by atoms with Gasteiger partial charge in [0.05, 0.1) is 17.4 Å². The van der Waals surface area contributed by atoms with E-state index in [1.54, 1.807) is 0 Å². The molecule has 3 aromatic carbocycles. The van der Waals surface area contributed by atoms with Gasteiger partial charge in [-0.1, -0.05) is 61.5 Å². The van der Waals surface area contributed by atoms with Crippen molar-refractivity contribution < 1.29 is 0 Å². The number of piperidine rings is 1. The maximum absolute atomic E-state index is 4.51. The summed E-state index contributed by atoms with van der Waals surface area (Å²) in [6.45, 7) is 5.52. The molecular weight excluding hydrogens is 354 g/mol. The van der Waals surface area contributed by atoms with Gasteiger partial charge in [0.25, 0.3) is 0 Å². The summed E-state index contributed by atoms with van der Waals surface area (Å²) >= 11 is 0. The second-order valence-electron chi connectivity index (χ2n) is 8.24. The second-order valence-corrected chi connectivity index (χ2v) is 8.24. The Labute approximate surface area is 172 Å². The molecule has 0 bridgehead atoms. The van der Waals surface area contributed by atoms with E-state index in [4.69, 9.17) is 0 Å². The molecule has 0 amide bonds. The van der Waals surface area contributed by atoms with Gasteiger partial charge >= 0.3 is 0 Å². The normalized spacial score (nSPS) is 15.1. The van der Waals surface area contributed by atoms with Gasteiger partial charge in [-0.05, 0) is 48.1 Å². The van der Waals surface area contributed by atoms with Crippen molar-refractivity contribution >= 4 is 16.7 Å². The van der Waals surface area contributed by atoms with Crippen LogP contribution in [-0.2, 0) is 6.54 Å². The summed E-state index contributed by atoms with van der Waals surface area (Å²) in [6, 6.07) is 26.2. The first-order chi connectivity index (χ1) is 14.3. The molecule has 29 heavy (non-hydrogen) atoms. The Hall–Kier alpha value is -3.07. The topological polar surface area (TPSA) is 21.1 Å². The number of hydrogen-bond donors (Lipinski definition) is 0. The lowest BCUT2D eigenvalue weighted by molar-refractivity contribution is 0.438. The Balaban J connectivity index is 1.39. The highest BCUT2D eigenvalue weighted by atomic mass is 15.1.